The number of hydroxylamine groups is 2. The number of carbonyl (C=O) groups is 2. The number of hydrogen-bond donors (Lipinski definition) is 3. The van der Waals surface area contributed by atoms with Gasteiger partial charge in [-0.1, -0.05) is 0 Å². The van der Waals surface area contributed by atoms with Crippen molar-refractivity contribution in [3.05, 3.63) is 0 Å². The van der Waals surface area contributed by atoms with Crippen LogP contribution in [0.3, 0.4) is 0 Å². The molecule has 0 aliphatic carbocycles. The molecule has 0 atom stereocenters. The van der Waals surface area contributed by atoms with Gasteiger partial charge in [0.05, 0.1) is 0 Å². The first-order chi connectivity index (χ1) is 8.32. The first kappa shape index (κ1) is 17.2. The van der Waals surface area contributed by atoms with E-state index in [1.807, 2.05) is 5.32 Å². The van der Waals surface area contributed by atoms with E-state index >= 15 is 0 Å². The molecule has 0 rings (SSSR count). The van der Waals surface area contributed by atoms with Crippen molar-refractivity contribution in [2.45, 2.75) is 52.7 Å². The summed E-state index contributed by atoms with van der Waals surface area (Å²) in [6, 6.07) is 0. The molecule has 0 unspecified atom stereocenters. The number of rotatable bonds is 0. The smallest absolute Gasteiger partial charge is 0.441 e. The van der Waals surface area contributed by atoms with Crippen molar-refractivity contribution < 1.29 is 24.3 Å². The second kappa shape index (κ2) is 5.87. The molecule has 0 aromatic carbocycles. The van der Waals surface area contributed by atoms with Crippen LogP contribution in [0.2, 0.25) is 0 Å². The monoisotopic (exact) mass is 275 g/mol. The van der Waals surface area contributed by atoms with Crippen LogP contribution in [0, 0.1) is 5.41 Å². The van der Waals surface area contributed by atoms with Gasteiger partial charge in [0.2, 0.25) is 5.96 Å². The van der Waals surface area contributed by atoms with Crippen LogP contribution in [-0.4, -0.2) is 39.6 Å². The predicted octanol–water partition coefficient (Wildman–Crippen LogP) is 2.07. The second-order valence-electron chi connectivity index (χ2n) is 5.77. The molecule has 8 heteroatoms. The fourth-order valence-electron chi connectivity index (χ4n) is 0.850. The van der Waals surface area contributed by atoms with Crippen molar-refractivity contribution in [2.75, 3.05) is 0 Å². The molecule has 0 aromatic rings. The summed E-state index contributed by atoms with van der Waals surface area (Å²) in [6.45, 7) is 9.72. The molecule has 3 N–H and O–H groups in total. The lowest BCUT2D eigenvalue weighted by atomic mass is 10.2. The SMILES string of the molecule is CC(C)(C)OC(=O)NC(=N)N(O)C(=O)OC(C)(C)C. The molecule has 0 saturated heterocycles. The highest BCUT2D eigenvalue weighted by molar-refractivity contribution is 5.98. The van der Waals surface area contributed by atoms with Crippen LogP contribution in [0.15, 0.2) is 0 Å². The number of ether oxygens (including phenoxy) is 2. The Bertz CT molecular complexity index is 368. The minimum absolute atomic E-state index is 0.116. The third kappa shape index (κ3) is 7.98. The molecule has 0 bridgehead atoms. The Balaban J connectivity index is 4.43. The third-order valence-corrected chi connectivity index (χ3v) is 1.40. The van der Waals surface area contributed by atoms with Gasteiger partial charge in [0.15, 0.2) is 0 Å². The highest BCUT2D eigenvalue weighted by atomic mass is 16.6. The predicted molar refractivity (Wildman–Crippen MR) is 67.0 cm³/mol. The molecule has 0 fully saturated rings. The number of alkyl carbamates (subject to hydrolysis) is 1. The minimum Gasteiger partial charge on any atom is -0.444 e. The van der Waals surface area contributed by atoms with Gasteiger partial charge in [-0.15, -0.1) is 5.06 Å². The molecular weight excluding hydrogens is 254 g/mol. The summed E-state index contributed by atoms with van der Waals surface area (Å²) in [4.78, 5) is 22.7. The fourth-order valence-corrected chi connectivity index (χ4v) is 0.850. The lowest BCUT2D eigenvalue weighted by molar-refractivity contribution is -0.0494. The summed E-state index contributed by atoms with van der Waals surface area (Å²) in [7, 11) is 0. The molecule has 110 valence electrons. The molecule has 0 aliphatic heterocycles. The van der Waals surface area contributed by atoms with E-state index in [4.69, 9.17) is 14.9 Å². The average molecular weight is 275 g/mol. The molecule has 0 saturated carbocycles. The molecule has 0 aromatic heterocycles. The molecule has 0 spiro atoms. The maximum absolute atomic E-state index is 11.4. The van der Waals surface area contributed by atoms with Crippen LogP contribution in [0.4, 0.5) is 9.59 Å². The van der Waals surface area contributed by atoms with E-state index in [1.54, 1.807) is 41.5 Å². The molecular formula is C11H21N3O5. The van der Waals surface area contributed by atoms with Gasteiger partial charge in [0, 0.05) is 0 Å². The summed E-state index contributed by atoms with van der Waals surface area (Å²) in [6.07, 6.45) is -2.13. The molecule has 2 amide bonds. The van der Waals surface area contributed by atoms with Gasteiger partial charge in [-0.25, -0.2) is 9.59 Å². The maximum atomic E-state index is 11.4. The second-order valence-corrected chi connectivity index (χ2v) is 5.77. The van der Waals surface area contributed by atoms with E-state index < -0.39 is 29.3 Å². The summed E-state index contributed by atoms with van der Waals surface area (Å²) in [5.41, 5.74) is -1.58. The quantitative estimate of drug-likeness (QED) is 0.271. The van der Waals surface area contributed by atoms with Crippen LogP contribution in [-0.2, 0) is 9.47 Å². The zero-order valence-corrected chi connectivity index (χ0v) is 12.0. The largest absolute Gasteiger partial charge is 0.444 e. The van der Waals surface area contributed by atoms with Crippen molar-refractivity contribution in [3.63, 3.8) is 0 Å². The Labute approximate surface area is 112 Å². The van der Waals surface area contributed by atoms with E-state index in [0.717, 1.165) is 0 Å². The van der Waals surface area contributed by atoms with Crippen LogP contribution < -0.4 is 5.32 Å². The first-order valence-electron chi connectivity index (χ1n) is 5.62. The Morgan fingerprint density at radius 2 is 1.47 bits per heavy atom. The number of carbonyl (C=O) groups excluding carboxylic acids is 2. The van der Waals surface area contributed by atoms with Gasteiger partial charge in [-0.05, 0) is 41.5 Å². The third-order valence-electron chi connectivity index (χ3n) is 1.40. The van der Waals surface area contributed by atoms with E-state index in [-0.39, 0.29) is 5.06 Å². The number of hydrogen-bond acceptors (Lipinski definition) is 6. The zero-order chi connectivity index (χ0) is 15.4. The van der Waals surface area contributed by atoms with Crippen LogP contribution in [0.5, 0.6) is 0 Å². The molecule has 19 heavy (non-hydrogen) atoms. The number of amides is 2. The van der Waals surface area contributed by atoms with Crippen LogP contribution in [0.1, 0.15) is 41.5 Å². The van der Waals surface area contributed by atoms with E-state index in [1.165, 1.54) is 0 Å². The average Bonchev–Trinajstić information content (AvgIpc) is 2.10. The normalized spacial score (nSPS) is 11.5. The molecule has 0 heterocycles. The highest BCUT2D eigenvalue weighted by Gasteiger charge is 2.26. The number of nitrogens with one attached hydrogen (secondary N) is 2. The maximum Gasteiger partial charge on any atom is 0.441 e. The van der Waals surface area contributed by atoms with E-state index in [9.17, 15) is 14.8 Å². The van der Waals surface area contributed by atoms with Crippen molar-refractivity contribution >= 4 is 18.1 Å². The first-order valence-corrected chi connectivity index (χ1v) is 5.62. The molecule has 8 nitrogen and oxygen atoms in total. The summed E-state index contributed by atoms with van der Waals surface area (Å²) < 4.78 is 9.67. The molecule has 0 radical (unpaired) electrons. The summed E-state index contributed by atoms with van der Waals surface area (Å²) in [5.74, 6) is -0.858. The summed E-state index contributed by atoms with van der Waals surface area (Å²) in [5, 5.41) is 18.5. The number of nitrogens with zero attached hydrogens (tertiary/aromatic N) is 1. The minimum atomic E-state index is -1.17. The Kier molecular flexibility index (Phi) is 5.31. The van der Waals surface area contributed by atoms with Gasteiger partial charge in [0.1, 0.15) is 11.2 Å². The fraction of sp³-hybridized carbons (Fsp3) is 0.727. The number of guanidine groups is 1. The van der Waals surface area contributed by atoms with Gasteiger partial charge in [0.25, 0.3) is 0 Å². The van der Waals surface area contributed by atoms with Crippen molar-refractivity contribution in [1.82, 2.24) is 10.4 Å². The van der Waals surface area contributed by atoms with Crippen LogP contribution in [0.25, 0.3) is 0 Å². The van der Waals surface area contributed by atoms with Crippen LogP contribution >= 0.6 is 0 Å². The van der Waals surface area contributed by atoms with Crippen molar-refractivity contribution in [1.29, 1.82) is 5.41 Å². The van der Waals surface area contributed by atoms with Crippen molar-refractivity contribution in [3.8, 4) is 0 Å². The van der Waals surface area contributed by atoms with Gasteiger partial charge >= 0.3 is 12.2 Å². The van der Waals surface area contributed by atoms with E-state index in [0.29, 0.717) is 0 Å². The Hall–Kier alpha value is -1.83. The van der Waals surface area contributed by atoms with Crippen molar-refractivity contribution in [2.24, 2.45) is 0 Å². The topological polar surface area (TPSA) is 112 Å². The van der Waals surface area contributed by atoms with Gasteiger partial charge in [-0.3, -0.25) is 15.9 Å². The van der Waals surface area contributed by atoms with E-state index in [2.05, 4.69) is 0 Å². The lowest BCUT2D eigenvalue weighted by Crippen LogP contribution is -2.47. The summed E-state index contributed by atoms with van der Waals surface area (Å²) >= 11 is 0. The Morgan fingerprint density at radius 1 is 1.05 bits per heavy atom. The zero-order valence-electron chi connectivity index (χ0n) is 12.0. The van der Waals surface area contributed by atoms with Gasteiger partial charge in [-0.2, -0.15) is 0 Å². The lowest BCUT2D eigenvalue weighted by Gasteiger charge is -2.24. The highest BCUT2D eigenvalue weighted by Crippen LogP contribution is 2.09. The molecule has 0 aliphatic rings. The van der Waals surface area contributed by atoms with Gasteiger partial charge < -0.3 is 9.47 Å². The Morgan fingerprint density at radius 3 is 1.84 bits per heavy atom. The standard InChI is InChI=1S/C11H21N3O5/c1-10(2,3)18-8(15)13-7(12)14(17)9(16)19-11(4,5)6/h17H,1-6H3,(H2,12,13,15).